The van der Waals surface area contributed by atoms with Crippen LogP contribution in [0.3, 0.4) is 0 Å². The van der Waals surface area contributed by atoms with Crippen LogP contribution in [0.5, 0.6) is 0 Å². The molecular weight excluding hydrogens is 266 g/mol. The highest BCUT2D eigenvalue weighted by Gasteiger charge is 2.13. The summed E-state index contributed by atoms with van der Waals surface area (Å²) in [4.78, 5) is 4.09. The SMILES string of the molecule is CC(C)COCCNS(=O)(=O)c1ccc(CN)nc1. The van der Waals surface area contributed by atoms with Crippen molar-refractivity contribution < 1.29 is 13.2 Å². The van der Waals surface area contributed by atoms with E-state index in [2.05, 4.69) is 9.71 Å². The monoisotopic (exact) mass is 287 g/mol. The van der Waals surface area contributed by atoms with Crippen LogP contribution in [0.25, 0.3) is 0 Å². The fraction of sp³-hybridized carbons (Fsp3) is 0.583. The summed E-state index contributed by atoms with van der Waals surface area (Å²) in [5.74, 6) is 0.435. The molecule has 0 saturated carbocycles. The first-order valence-electron chi connectivity index (χ1n) is 6.18. The van der Waals surface area contributed by atoms with Crippen molar-refractivity contribution in [3.05, 3.63) is 24.0 Å². The van der Waals surface area contributed by atoms with E-state index in [1.165, 1.54) is 12.3 Å². The van der Waals surface area contributed by atoms with Gasteiger partial charge in [0.15, 0.2) is 0 Å². The number of pyridine rings is 1. The van der Waals surface area contributed by atoms with Gasteiger partial charge >= 0.3 is 0 Å². The van der Waals surface area contributed by atoms with Gasteiger partial charge in [0.1, 0.15) is 4.90 Å². The Labute approximate surface area is 114 Å². The van der Waals surface area contributed by atoms with Gasteiger partial charge in [-0.3, -0.25) is 4.98 Å². The van der Waals surface area contributed by atoms with Gasteiger partial charge in [-0.25, -0.2) is 13.1 Å². The lowest BCUT2D eigenvalue weighted by Crippen LogP contribution is -2.28. The maximum absolute atomic E-state index is 11.9. The summed E-state index contributed by atoms with van der Waals surface area (Å²) < 4.78 is 31.5. The molecule has 0 aliphatic carbocycles. The van der Waals surface area contributed by atoms with Gasteiger partial charge in [-0.15, -0.1) is 0 Å². The topological polar surface area (TPSA) is 94.3 Å². The van der Waals surface area contributed by atoms with Crippen LogP contribution in [0.15, 0.2) is 23.2 Å². The molecule has 0 spiro atoms. The van der Waals surface area contributed by atoms with E-state index in [1.54, 1.807) is 6.07 Å². The Kier molecular flexibility index (Phi) is 6.36. The second-order valence-corrected chi connectivity index (χ2v) is 6.32. The molecule has 0 atom stereocenters. The van der Waals surface area contributed by atoms with Gasteiger partial charge in [0.25, 0.3) is 0 Å². The quantitative estimate of drug-likeness (QED) is 0.679. The molecule has 0 radical (unpaired) electrons. The van der Waals surface area contributed by atoms with Gasteiger partial charge in [-0.2, -0.15) is 0 Å². The Morgan fingerprint density at radius 3 is 2.68 bits per heavy atom. The minimum atomic E-state index is -3.52. The Hall–Kier alpha value is -1.02. The minimum absolute atomic E-state index is 0.133. The fourth-order valence-corrected chi connectivity index (χ4v) is 2.30. The molecule has 0 saturated heterocycles. The normalized spacial score (nSPS) is 12.0. The Morgan fingerprint density at radius 2 is 2.16 bits per heavy atom. The van der Waals surface area contributed by atoms with E-state index in [0.717, 1.165) is 0 Å². The molecule has 0 amide bonds. The number of nitrogens with one attached hydrogen (secondary N) is 1. The lowest BCUT2D eigenvalue weighted by molar-refractivity contribution is 0.114. The van der Waals surface area contributed by atoms with Crippen molar-refractivity contribution in [2.45, 2.75) is 25.3 Å². The highest BCUT2D eigenvalue weighted by Crippen LogP contribution is 2.07. The number of hydrogen-bond acceptors (Lipinski definition) is 5. The molecule has 1 aromatic rings. The molecule has 3 N–H and O–H groups in total. The summed E-state index contributed by atoms with van der Waals surface area (Å²) in [7, 11) is -3.52. The molecule has 0 bridgehead atoms. The van der Waals surface area contributed by atoms with E-state index in [9.17, 15) is 8.42 Å². The molecule has 1 heterocycles. The van der Waals surface area contributed by atoms with E-state index >= 15 is 0 Å². The van der Waals surface area contributed by atoms with Crippen molar-refractivity contribution in [1.82, 2.24) is 9.71 Å². The number of nitrogens with zero attached hydrogens (tertiary/aromatic N) is 1. The van der Waals surface area contributed by atoms with E-state index in [1.807, 2.05) is 13.8 Å². The van der Waals surface area contributed by atoms with Crippen LogP contribution in [0.2, 0.25) is 0 Å². The molecule has 1 rings (SSSR count). The van der Waals surface area contributed by atoms with Crippen molar-refractivity contribution in [2.75, 3.05) is 19.8 Å². The van der Waals surface area contributed by atoms with Crippen LogP contribution in [-0.4, -0.2) is 33.2 Å². The molecular formula is C12H21N3O3S. The predicted molar refractivity (Wildman–Crippen MR) is 73.0 cm³/mol. The maximum Gasteiger partial charge on any atom is 0.242 e. The highest BCUT2D eigenvalue weighted by molar-refractivity contribution is 7.89. The van der Waals surface area contributed by atoms with Gasteiger partial charge < -0.3 is 10.5 Å². The Bertz CT molecular complexity index is 471. The number of ether oxygens (including phenoxy) is 1. The summed E-state index contributed by atoms with van der Waals surface area (Å²) >= 11 is 0. The minimum Gasteiger partial charge on any atom is -0.380 e. The second kappa shape index (κ2) is 7.54. The zero-order valence-corrected chi connectivity index (χ0v) is 12.1. The lowest BCUT2D eigenvalue weighted by atomic mass is 10.2. The first-order chi connectivity index (χ1) is 8.95. The average Bonchev–Trinajstić information content (AvgIpc) is 2.38. The lowest BCUT2D eigenvalue weighted by Gasteiger charge is -2.09. The van der Waals surface area contributed by atoms with Gasteiger partial charge in [0.05, 0.1) is 12.3 Å². The molecule has 108 valence electrons. The third-order valence-corrected chi connectivity index (χ3v) is 3.75. The van der Waals surface area contributed by atoms with Crippen LogP contribution >= 0.6 is 0 Å². The van der Waals surface area contributed by atoms with Crippen molar-refractivity contribution in [3.63, 3.8) is 0 Å². The van der Waals surface area contributed by atoms with Crippen LogP contribution < -0.4 is 10.5 Å². The van der Waals surface area contributed by atoms with Crippen molar-refractivity contribution in [3.8, 4) is 0 Å². The molecule has 19 heavy (non-hydrogen) atoms. The number of sulfonamides is 1. The van der Waals surface area contributed by atoms with E-state index in [4.69, 9.17) is 10.5 Å². The Morgan fingerprint density at radius 1 is 1.42 bits per heavy atom. The summed E-state index contributed by atoms with van der Waals surface area (Å²) in [6.45, 7) is 5.58. The molecule has 0 aliphatic rings. The van der Waals surface area contributed by atoms with Crippen LogP contribution in [0.1, 0.15) is 19.5 Å². The average molecular weight is 287 g/mol. The maximum atomic E-state index is 11.9. The zero-order valence-electron chi connectivity index (χ0n) is 11.3. The van der Waals surface area contributed by atoms with Crippen molar-refractivity contribution in [1.29, 1.82) is 0 Å². The second-order valence-electron chi connectivity index (χ2n) is 4.56. The molecule has 0 fully saturated rings. The van der Waals surface area contributed by atoms with Crippen LogP contribution in [-0.2, 0) is 21.3 Å². The molecule has 0 aliphatic heterocycles. The summed E-state index contributed by atoms with van der Waals surface area (Å²) in [6, 6.07) is 3.09. The molecule has 0 aromatic carbocycles. The van der Waals surface area contributed by atoms with Gasteiger partial charge in [0, 0.05) is 25.9 Å². The first-order valence-corrected chi connectivity index (χ1v) is 7.66. The van der Waals surface area contributed by atoms with Crippen LogP contribution in [0.4, 0.5) is 0 Å². The molecule has 6 nitrogen and oxygen atoms in total. The fourth-order valence-electron chi connectivity index (χ4n) is 1.34. The van der Waals surface area contributed by atoms with Gasteiger partial charge in [-0.1, -0.05) is 13.8 Å². The number of hydrogen-bond donors (Lipinski definition) is 2. The summed E-state index contributed by atoms with van der Waals surface area (Å²) in [6.07, 6.45) is 1.31. The smallest absolute Gasteiger partial charge is 0.242 e. The predicted octanol–water partition coefficient (Wildman–Crippen LogP) is 0.491. The van der Waals surface area contributed by atoms with Crippen LogP contribution in [0, 0.1) is 5.92 Å². The Balaban J connectivity index is 2.46. The van der Waals surface area contributed by atoms with E-state index in [0.29, 0.717) is 24.8 Å². The van der Waals surface area contributed by atoms with Gasteiger partial charge in [-0.05, 0) is 18.1 Å². The largest absolute Gasteiger partial charge is 0.380 e. The first kappa shape index (κ1) is 16.0. The van der Waals surface area contributed by atoms with Gasteiger partial charge in [0.2, 0.25) is 10.0 Å². The van der Waals surface area contributed by atoms with Crippen molar-refractivity contribution in [2.24, 2.45) is 11.7 Å². The third kappa shape index (κ3) is 5.65. The molecule has 1 aromatic heterocycles. The summed E-state index contributed by atoms with van der Waals surface area (Å²) in [5.41, 5.74) is 6.05. The molecule has 0 unspecified atom stereocenters. The molecule has 7 heteroatoms. The number of rotatable bonds is 8. The van der Waals surface area contributed by atoms with E-state index < -0.39 is 10.0 Å². The van der Waals surface area contributed by atoms with E-state index in [-0.39, 0.29) is 18.0 Å². The third-order valence-electron chi connectivity index (χ3n) is 2.31. The number of nitrogens with two attached hydrogens (primary N) is 1. The highest BCUT2D eigenvalue weighted by atomic mass is 32.2. The van der Waals surface area contributed by atoms with Crippen molar-refractivity contribution >= 4 is 10.0 Å². The zero-order chi connectivity index (χ0) is 14.3. The summed E-state index contributed by atoms with van der Waals surface area (Å²) in [5, 5.41) is 0. The number of aromatic nitrogens is 1. The standard InChI is InChI=1S/C12H21N3O3S/c1-10(2)9-18-6-5-15-19(16,17)12-4-3-11(7-13)14-8-12/h3-4,8,10,15H,5-7,9,13H2,1-2H3.